The Morgan fingerprint density at radius 1 is 0.960 bits per heavy atom. The van der Waals surface area contributed by atoms with Gasteiger partial charge in [-0.25, -0.2) is 0 Å². The van der Waals surface area contributed by atoms with Crippen molar-refractivity contribution in [2.45, 2.75) is 76.9 Å². The summed E-state index contributed by atoms with van der Waals surface area (Å²) >= 11 is 0. The van der Waals surface area contributed by atoms with Crippen LogP contribution in [0.15, 0.2) is 0 Å². The Kier molecular flexibility index (Phi) is 20.5. The van der Waals surface area contributed by atoms with Crippen LogP contribution in [0.1, 0.15) is 71.6 Å². The van der Waals surface area contributed by atoms with Crippen molar-refractivity contribution in [3.8, 4) is 0 Å². The van der Waals surface area contributed by atoms with Crippen LogP contribution in [0.3, 0.4) is 0 Å². The van der Waals surface area contributed by atoms with Crippen LogP contribution in [-0.4, -0.2) is 40.4 Å². The number of hydrogen-bond acceptors (Lipinski definition) is 4. The van der Waals surface area contributed by atoms with E-state index in [9.17, 15) is 18.0 Å². The molecule has 0 radical (unpaired) electrons. The molecule has 9 heteroatoms. The molecule has 2 atom stereocenters. The fourth-order valence-electron chi connectivity index (χ4n) is 1.98. The van der Waals surface area contributed by atoms with Crippen molar-refractivity contribution < 1.29 is 62.3 Å². The Labute approximate surface area is 173 Å². The second-order valence-corrected chi connectivity index (χ2v) is 7.40. The Hall–Kier alpha value is -0.150. The van der Waals surface area contributed by atoms with Crippen LogP contribution >= 0.6 is 0 Å². The summed E-state index contributed by atoms with van der Waals surface area (Å²) in [6, 6.07) is 0. The fourth-order valence-corrected chi connectivity index (χ4v) is 2.58. The molecule has 0 aromatic carbocycles. The zero-order chi connectivity index (χ0) is 19.2. The molecule has 0 rings (SSSR count). The molecule has 2 unspecified atom stereocenters. The number of unbranched alkanes of at least 4 members (excludes halogenated alkanes) is 4. The molecule has 0 amide bonds. The number of rotatable bonds is 12. The van der Waals surface area contributed by atoms with Crippen LogP contribution in [0.25, 0.3) is 0 Å². The van der Waals surface area contributed by atoms with E-state index >= 15 is 0 Å². The molecule has 0 saturated carbocycles. The van der Waals surface area contributed by atoms with Gasteiger partial charge < -0.3 is 17.1 Å². The summed E-state index contributed by atoms with van der Waals surface area (Å²) < 4.78 is 28.7. The Morgan fingerprint density at radius 3 is 1.76 bits per heavy atom. The van der Waals surface area contributed by atoms with Crippen LogP contribution in [0.2, 0.25) is 0 Å². The van der Waals surface area contributed by atoms with Crippen molar-refractivity contribution in [2.75, 3.05) is 0 Å². The number of carboxylic acid groups (broad SMARTS) is 2. The summed E-state index contributed by atoms with van der Waals surface area (Å²) in [4.78, 5) is 20.0. The van der Waals surface area contributed by atoms with Crippen LogP contribution in [0.4, 0.5) is 0 Å². The van der Waals surface area contributed by atoms with Crippen molar-refractivity contribution in [1.82, 2.24) is 0 Å². The van der Waals surface area contributed by atoms with Crippen molar-refractivity contribution in [2.24, 2.45) is 5.92 Å². The molecule has 3 N–H and O–H groups in total. The summed E-state index contributed by atoms with van der Waals surface area (Å²) in [5.74, 6) is -2.78. The van der Waals surface area contributed by atoms with Crippen molar-refractivity contribution in [3.63, 3.8) is 0 Å². The number of carboxylic acids is 2. The Bertz CT molecular complexity index is 451. The number of hydrogen-bond donors (Lipinski definition) is 3. The first-order valence-electron chi connectivity index (χ1n) is 8.30. The summed E-state index contributed by atoms with van der Waals surface area (Å²) in [5, 5.41) is 13.9. The minimum atomic E-state index is -4.84. The van der Waals surface area contributed by atoms with Gasteiger partial charge in [-0.15, -0.1) is 0 Å². The maximum absolute atomic E-state index is 10.2. The quantitative estimate of drug-likeness (QED) is 0.190. The van der Waals surface area contributed by atoms with E-state index in [4.69, 9.17) is 14.8 Å². The van der Waals surface area contributed by atoms with Gasteiger partial charge in [0.1, 0.15) is 0 Å². The molecule has 0 heterocycles. The Morgan fingerprint density at radius 2 is 1.44 bits per heavy atom. The van der Waals surface area contributed by atoms with Gasteiger partial charge in [0.2, 0.25) is 0 Å². The summed E-state index contributed by atoms with van der Waals surface area (Å²) in [5.41, 5.74) is 0. The normalized spacial score (nSPS) is 13.0. The number of carbonyl (C=O) groups is 2. The maximum atomic E-state index is 10.2. The fraction of sp³-hybridized carbons (Fsp3) is 0.812. The smallest absolute Gasteiger partial charge is 0.481 e. The van der Waals surface area contributed by atoms with E-state index in [0.717, 1.165) is 5.92 Å². The second kappa shape index (κ2) is 17.3. The molecule has 0 saturated heterocycles. The van der Waals surface area contributed by atoms with E-state index in [-0.39, 0.29) is 29.6 Å². The summed E-state index contributed by atoms with van der Waals surface area (Å²) in [6.07, 6.45) is 9.76. The molecule has 0 fully saturated rings. The van der Waals surface area contributed by atoms with E-state index in [1.54, 1.807) is 0 Å². The molecular formula is C16H31NaO7S. The van der Waals surface area contributed by atoms with Gasteiger partial charge in [-0.05, 0) is 0 Å². The first kappa shape index (κ1) is 29.6. The second-order valence-electron chi connectivity index (χ2n) is 5.80. The minimum Gasteiger partial charge on any atom is -0.481 e. The molecule has 144 valence electrons. The van der Waals surface area contributed by atoms with E-state index < -0.39 is 33.7 Å². The van der Waals surface area contributed by atoms with Gasteiger partial charge in [-0.2, -0.15) is 14.3 Å². The zero-order valence-corrected chi connectivity index (χ0v) is 18.4. The Balaban J connectivity index is -0.000000372. The average Bonchev–Trinajstić information content (AvgIpc) is 2.46. The summed E-state index contributed by atoms with van der Waals surface area (Å²) in [7, 11) is -4.84. The van der Waals surface area contributed by atoms with Crippen molar-refractivity contribution in [1.29, 1.82) is 0 Å². The topological polar surface area (TPSA) is 129 Å². The van der Waals surface area contributed by atoms with Gasteiger partial charge in [-0.1, -0.05) is 65.2 Å². The van der Waals surface area contributed by atoms with Crippen LogP contribution in [-0.2, 0) is 19.7 Å². The average molecular weight is 390 g/mol. The SMILES string of the molecule is O=C(O)CC(C(=O)O)S(=O)(=O)O.[CH2-]C(CCCC)CCCCCC.[Na+]. The molecule has 25 heavy (non-hydrogen) atoms. The maximum Gasteiger partial charge on any atom is 1.00 e. The van der Waals surface area contributed by atoms with Crippen LogP contribution in [0.5, 0.6) is 0 Å². The molecule has 0 bridgehead atoms. The van der Waals surface area contributed by atoms with E-state index in [1.807, 2.05) is 0 Å². The molecule has 0 aliphatic heterocycles. The zero-order valence-electron chi connectivity index (χ0n) is 15.6. The standard InChI is InChI=1S/C12H25.C4H6O7S.Na/c1-4-6-8-9-11-12(3)10-7-5-2;5-3(6)1-2(4(7)8)12(9,10)11;/h12H,3-11H2,1-2H3;2H,1H2,(H,5,6)(H,7,8)(H,9,10,11);/q-1;;+1. The van der Waals surface area contributed by atoms with Gasteiger partial charge in [-0.3, -0.25) is 14.1 Å². The van der Waals surface area contributed by atoms with Gasteiger partial charge in [0, 0.05) is 0 Å². The van der Waals surface area contributed by atoms with E-state index in [2.05, 4.69) is 20.8 Å². The molecule has 0 aromatic heterocycles. The first-order chi connectivity index (χ1) is 11.1. The molecule has 0 aliphatic rings. The summed E-state index contributed by atoms with van der Waals surface area (Å²) in [6.45, 7) is 8.69. The monoisotopic (exact) mass is 390 g/mol. The predicted octanol–water partition coefficient (Wildman–Crippen LogP) is 0.403. The first-order valence-corrected chi connectivity index (χ1v) is 9.80. The molecule has 0 aromatic rings. The van der Waals surface area contributed by atoms with Crippen LogP contribution in [0, 0.1) is 12.8 Å². The number of aliphatic carboxylic acids is 2. The van der Waals surface area contributed by atoms with Crippen LogP contribution < -0.4 is 29.6 Å². The van der Waals surface area contributed by atoms with Gasteiger partial charge in [0.15, 0.2) is 5.25 Å². The largest absolute Gasteiger partial charge is 1.00 e. The van der Waals surface area contributed by atoms with Gasteiger partial charge >= 0.3 is 41.5 Å². The van der Waals surface area contributed by atoms with E-state index in [1.165, 1.54) is 51.4 Å². The molecule has 0 spiro atoms. The molecule has 7 nitrogen and oxygen atoms in total. The predicted molar refractivity (Wildman–Crippen MR) is 92.4 cm³/mol. The van der Waals surface area contributed by atoms with Crippen molar-refractivity contribution in [3.05, 3.63) is 6.92 Å². The third-order valence-corrected chi connectivity index (χ3v) is 4.51. The van der Waals surface area contributed by atoms with Crippen molar-refractivity contribution >= 4 is 22.1 Å². The molecular weight excluding hydrogens is 359 g/mol. The molecule has 0 aliphatic carbocycles. The third kappa shape index (κ3) is 20.0. The third-order valence-electron chi connectivity index (χ3n) is 3.43. The van der Waals surface area contributed by atoms with E-state index in [0.29, 0.717) is 0 Å². The minimum absolute atomic E-state index is 0. The van der Waals surface area contributed by atoms with Gasteiger partial charge in [0.05, 0.1) is 6.42 Å². The van der Waals surface area contributed by atoms with Gasteiger partial charge in [0.25, 0.3) is 10.1 Å².